The fourth-order valence-electron chi connectivity index (χ4n) is 2.37. The highest BCUT2D eigenvalue weighted by atomic mass is 79.9. The minimum absolute atomic E-state index is 0.123. The number of rotatable bonds is 3. The van der Waals surface area contributed by atoms with Gasteiger partial charge in [-0.05, 0) is 34.1 Å². The van der Waals surface area contributed by atoms with E-state index in [-0.39, 0.29) is 21.6 Å². The van der Waals surface area contributed by atoms with Gasteiger partial charge in [0, 0.05) is 31.1 Å². The van der Waals surface area contributed by atoms with Crippen molar-refractivity contribution in [1.82, 2.24) is 15.7 Å². The highest BCUT2D eigenvalue weighted by molar-refractivity contribution is 9.10. The molecule has 3 rings (SSSR count). The Kier molecular flexibility index (Phi) is 5.84. The number of anilines is 1. The fourth-order valence-corrected chi connectivity index (χ4v) is 3.98. The van der Waals surface area contributed by atoms with Crippen LogP contribution in [0, 0.1) is 5.82 Å². The summed E-state index contributed by atoms with van der Waals surface area (Å²) in [5, 5.41) is 22.7. The van der Waals surface area contributed by atoms with Gasteiger partial charge in [-0.2, -0.15) is 0 Å². The Morgan fingerprint density at radius 3 is 3.00 bits per heavy atom. The summed E-state index contributed by atoms with van der Waals surface area (Å²) < 4.78 is 13.6. The molecular formula is C14H16BrFN6O3S. The summed E-state index contributed by atoms with van der Waals surface area (Å²) >= 11 is 4.54. The monoisotopic (exact) mass is 446 g/mol. The van der Waals surface area contributed by atoms with Crippen molar-refractivity contribution in [2.75, 3.05) is 25.5 Å². The molecular weight excluding hydrogens is 431 g/mol. The number of thioether (sulfide) groups is 1. The molecule has 26 heavy (non-hydrogen) atoms. The molecule has 9 nitrogen and oxygen atoms in total. The number of carbonyl (C=O) groups excluding carboxylic acids is 1. The van der Waals surface area contributed by atoms with Gasteiger partial charge in [-0.1, -0.05) is 22.1 Å². The van der Waals surface area contributed by atoms with Crippen LogP contribution in [-0.4, -0.2) is 58.4 Å². The molecule has 0 saturated carbocycles. The Morgan fingerprint density at radius 1 is 1.58 bits per heavy atom. The number of amides is 2. The highest BCUT2D eigenvalue weighted by Crippen LogP contribution is 2.27. The number of oxime groups is 2. The maximum absolute atomic E-state index is 13.3. The van der Waals surface area contributed by atoms with E-state index >= 15 is 0 Å². The predicted octanol–water partition coefficient (Wildman–Crippen LogP) is 1.76. The van der Waals surface area contributed by atoms with Gasteiger partial charge in [0.15, 0.2) is 11.9 Å². The van der Waals surface area contributed by atoms with Crippen LogP contribution in [0.2, 0.25) is 0 Å². The first-order valence-corrected chi connectivity index (χ1v) is 9.26. The molecule has 1 fully saturated rings. The SMILES string of the molecule is CNC(=O)N1CC(SC2=NONC2/C(=N/O)Nc2ccc(F)c(Br)c2)C1. The first-order chi connectivity index (χ1) is 12.5. The number of hydrogen-bond acceptors (Lipinski definition) is 7. The number of likely N-dealkylation sites (tertiary alicyclic amines) is 1. The van der Waals surface area contributed by atoms with Crippen LogP contribution in [-0.2, 0) is 4.94 Å². The second kappa shape index (κ2) is 8.10. The van der Waals surface area contributed by atoms with Crippen LogP contribution in [0.4, 0.5) is 14.9 Å². The number of urea groups is 1. The molecule has 1 aromatic rings. The van der Waals surface area contributed by atoms with Gasteiger partial charge in [-0.15, -0.1) is 5.48 Å². The summed E-state index contributed by atoms with van der Waals surface area (Å²) in [7, 11) is 1.58. The van der Waals surface area contributed by atoms with Crippen molar-refractivity contribution >= 4 is 50.3 Å². The maximum atomic E-state index is 13.3. The Bertz CT molecular complexity index is 758. The number of nitrogens with one attached hydrogen (secondary N) is 3. The summed E-state index contributed by atoms with van der Waals surface area (Å²) in [4.78, 5) is 18.1. The smallest absolute Gasteiger partial charge is 0.317 e. The zero-order valence-electron chi connectivity index (χ0n) is 13.6. The molecule has 2 aliphatic rings. The molecule has 1 atom stereocenters. The molecule has 0 aliphatic carbocycles. The topological polar surface area (TPSA) is 111 Å². The van der Waals surface area contributed by atoms with Gasteiger partial charge in [-0.25, -0.2) is 9.18 Å². The quantitative estimate of drug-likeness (QED) is 0.243. The van der Waals surface area contributed by atoms with E-state index in [2.05, 4.69) is 42.4 Å². The van der Waals surface area contributed by atoms with Gasteiger partial charge in [0.2, 0.25) is 0 Å². The molecule has 0 aromatic heterocycles. The van der Waals surface area contributed by atoms with E-state index in [1.165, 1.54) is 30.0 Å². The largest absolute Gasteiger partial charge is 0.409 e. The number of halogens is 2. The molecule has 1 aromatic carbocycles. The van der Waals surface area contributed by atoms with Gasteiger partial charge in [0.25, 0.3) is 0 Å². The summed E-state index contributed by atoms with van der Waals surface area (Å²) in [6.45, 7) is 1.17. The molecule has 0 spiro atoms. The van der Waals surface area contributed by atoms with Crippen molar-refractivity contribution in [1.29, 1.82) is 0 Å². The number of amidine groups is 1. The van der Waals surface area contributed by atoms with Gasteiger partial charge >= 0.3 is 6.03 Å². The third-order valence-corrected chi connectivity index (χ3v) is 5.55. The molecule has 1 saturated heterocycles. The molecule has 1 unspecified atom stereocenters. The maximum Gasteiger partial charge on any atom is 0.317 e. The highest BCUT2D eigenvalue weighted by Gasteiger charge is 2.37. The molecule has 2 heterocycles. The van der Waals surface area contributed by atoms with Crippen LogP contribution >= 0.6 is 27.7 Å². The normalized spacial score (nSPS) is 20.3. The number of hydroxylamine groups is 1. The van der Waals surface area contributed by atoms with E-state index in [1.54, 1.807) is 11.9 Å². The van der Waals surface area contributed by atoms with Crippen molar-refractivity contribution in [2.24, 2.45) is 10.3 Å². The van der Waals surface area contributed by atoms with Crippen molar-refractivity contribution in [3.8, 4) is 0 Å². The molecule has 2 aliphatic heterocycles. The second-order valence-electron chi connectivity index (χ2n) is 5.51. The fraction of sp³-hybridized carbons (Fsp3) is 0.357. The van der Waals surface area contributed by atoms with Crippen molar-refractivity contribution in [3.05, 3.63) is 28.5 Å². The van der Waals surface area contributed by atoms with E-state index in [0.717, 1.165) is 0 Å². The first kappa shape index (κ1) is 18.7. The summed E-state index contributed by atoms with van der Waals surface area (Å²) in [6, 6.07) is 3.59. The predicted molar refractivity (Wildman–Crippen MR) is 99.8 cm³/mol. The summed E-state index contributed by atoms with van der Waals surface area (Å²) in [6.07, 6.45) is 0. The lowest BCUT2D eigenvalue weighted by atomic mass is 10.2. The first-order valence-electron chi connectivity index (χ1n) is 7.58. The molecule has 0 radical (unpaired) electrons. The van der Waals surface area contributed by atoms with E-state index < -0.39 is 11.9 Å². The van der Waals surface area contributed by atoms with Gasteiger partial charge in [-0.3, -0.25) is 4.94 Å². The average Bonchev–Trinajstić information content (AvgIpc) is 3.06. The number of benzene rings is 1. The average molecular weight is 447 g/mol. The number of carbonyl (C=O) groups is 1. The Hall–Kier alpha value is -2.05. The molecule has 0 bridgehead atoms. The van der Waals surface area contributed by atoms with Crippen LogP contribution in [0.15, 0.2) is 33.0 Å². The van der Waals surface area contributed by atoms with Gasteiger partial charge in [0.05, 0.1) is 4.47 Å². The van der Waals surface area contributed by atoms with Crippen LogP contribution in [0.1, 0.15) is 0 Å². The van der Waals surface area contributed by atoms with E-state index in [9.17, 15) is 14.4 Å². The Labute approximate surface area is 161 Å². The number of nitrogens with zero attached hydrogens (tertiary/aromatic N) is 3. The molecule has 2 amide bonds. The molecule has 140 valence electrons. The third-order valence-electron chi connectivity index (χ3n) is 3.76. The standard InChI is InChI=1S/C14H16BrFN6O3S/c1-17-14(23)22-5-8(6-22)26-13-11(20-25-21-13)12(19-24)18-7-2-3-10(16)9(15)4-7/h2-4,8,11,20,24H,5-6H2,1H3,(H,17,23)(H,18,19). The Balaban J connectivity index is 1.61. The second-order valence-corrected chi connectivity index (χ2v) is 7.69. The van der Waals surface area contributed by atoms with E-state index in [1.807, 2.05) is 0 Å². The third kappa shape index (κ3) is 4.02. The number of hydrogen-bond donors (Lipinski definition) is 4. The van der Waals surface area contributed by atoms with Gasteiger partial charge < -0.3 is 20.7 Å². The molecule has 12 heteroatoms. The zero-order valence-corrected chi connectivity index (χ0v) is 16.0. The van der Waals surface area contributed by atoms with Crippen LogP contribution in [0.3, 0.4) is 0 Å². The van der Waals surface area contributed by atoms with Crippen molar-refractivity contribution in [3.63, 3.8) is 0 Å². The van der Waals surface area contributed by atoms with E-state index in [0.29, 0.717) is 23.8 Å². The molecule has 4 N–H and O–H groups in total. The van der Waals surface area contributed by atoms with Crippen LogP contribution < -0.4 is 16.1 Å². The van der Waals surface area contributed by atoms with Crippen LogP contribution in [0.5, 0.6) is 0 Å². The minimum atomic E-state index is -0.608. The lowest BCUT2D eigenvalue weighted by molar-refractivity contribution is 0.0693. The lowest BCUT2D eigenvalue weighted by Crippen LogP contribution is -2.55. The Morgan fingerprint density at radius 2 is 2.35 bits per heavy atom. The summed E-state index contributed by atoms with van der Waals surface area (Å²) in [5.74, 6) is -0.251. The summed E-state index contributed by atoms with van der Waals surface area (Å²) in [5.41, 5.74) is 3.17. The zero-order chi connectivity index (χ0) is 18.7. The van der Waals surface area contributed by atoms with Gasteiger partial charge in [0.1, 0.15) is 10.9 Å². The lowest BCUT2D eigenvalue weighted by Gasteiger charge is -2.38. The van der Waals surface area contributed by atoms with Crippen molar-refractivity contribution < 1.29 is 19.3 Å². The van der Waals surface area contributed by atoms with Crippen LogP contribution in [0.25, 0.3) is 0 Å². The van der Waals surface area contributed by atoms with Crippen molar-refractivity contribution in [2.45, 2.75) is 11.3 Å². The minimum Gasteiger partial charge on any atom is -0.409 e. The van der Waals surface area contributed by atoms with E-state index in [4.69, 9.17) is 4.94 Å².